The van der Waals surface area contributed by atoms with Crippen molar-refractivity contribution in [2.24, 2.45) is 0 Å². The molecular weight excluding hydrogens is 222 g/mol. The lowest BCUT2D eigenvalue weighted by molar-refractivity contribution is 0.144. The zero-order valence-corrected chi connectivity index (χ0v) is 10.2. The summed E-state index contributed by atoms with van der Waals surface area (Å²) < 4.78 is 0. The highest BCUT2D eigenvalue weighted by Gasteiger charge is 2.26. The Hall–Kier alpha value is -0.570. The number of benzene rings is 1. The van der Waals surface area contributed by atoms with Gasteiger partial charge < -0.3 is 10.4 Å². The molecule has 0 bridgehead atoms. The average molecular weight is 240 g/mol. The zero-order chi connectivity index (χ0) is 11.5. The van der Waals surface area contributed by atoms with Crippen LogP contribution in [0.25, 0.3) is 0 Å². The number of halogens is 1. The van der Waals surface area contributed by atoms with E-state index in [4.69, 9.17) is 11.6 Å². The first-order valence-corrected chi connectivity index (χ1v) is 6.25. The third-order valence-corrected chi connectivity index (χ3v) is 3.66. The monoisotopic (exact) mass is 239 g/mol. The van der Waals surface area contributed by atoms with Gasteiger partial charge in [0.05, 0.1) is 6.10 Å². The number of hydrogen-bond donors (Lipinski definition) is 2. The number of nitrogens with one attached hydrogen (secondary N) is 1. The highest BCUT2D eigenvalue weighted by Crippen LogP contribution is 2.26. The first-order chi connectivity index (χ1) is 7.68. The van der Waals surface area contributed by atoms with E-state index in [9.17, 15) is 5.11 Å². The van der Waals surface area contributed by atoms with Gasteiger partial charge in [-0.3, -0.25) is 0 Å². The standard InChI is InChI=1S/C13H18ClNO/c1-9(10-5-2-3-6-11(10)14)15-12-7-4-8-13(12)16/h2-3,5-6,9,12-13,15-16H,4,7-8H2,1H3/t9?,12-,13-/m1/s1. The molecule has 2 N–H and O–H groups in total. The predicted octanol–water partition coefficient (Wildman–Crippen LogP) is 2.90. The van der Waals surface area contributed by atoms with E-state index >= 15 is 0 Å². The summed E-state index contributed by atoms with van der Waals surface area (Å²) in [4.78, 5) is 0. The minimum absolute atomic E-state index is 0.187. The fourth-order valence-corrected chi connectivity index (χ4v) is 2.67. The molecule has 3 heteroatoms. The highest BCUT2D eigenvalue weighted by molar-refractivity contribution is 6.31. The molecule has 1 fully saturated rings. The fraction of sp³-hybridized carbons (Fsp3) is 0.538. The molecule has 2 nitrogen and oxygen atoms in total. The van der Waals surface area contributed by atoms with Gasteiger partial charge in [0, 0.05) is 17.1 Å². The van der Waals surface area contributed by atoms with Crippen molar-refractivity contribution >= 4 is 11.6 Å². The van der Waals surface area contributed by atoms with Crippen LogP contribution >= 0.6 is 11.6 Å². The van der Waals surface area contributed by atoms with Crippen LogP contribution in [0.2, 0.25) is 5.02 Å². The van der Waals surface area contributed by atoms with Crippen LogP contribution in [0.5, 0.6) is 0 Å². The Morgan fingerprint density at radius 1 is 1.38 bits per heavy atom. The maximum absolute atomic E-state index is 9.76. The summed E-state index contributed by atoms with van der Waals surface area (Å²) >= 11 is 6.14. The van der Waals surface area contributed by atoms with Crippen molar-refractivity contribution in [3.8, 4) is 0 Å². The Morgan fingerprint density at radius 2 is 2.12 bits per heavy atom. The number of aliphatic hydroxyl groups is 1. The molecule has 1 aromatic rings. The topological polar surface area (TPSA) is 32.3 Å². The molecule has 1 aliphatic carbocycles. The molecule has 1 aromatic carbocycles. The number of rotatable bonds is 3. The molecule has 1 aliphatic rings. The van der Waals surface area contributed by atoms with E-state index in [-0.39, 0.29) is 18.2 Å². The second kappa shape index (κ2) is 5.17. The molecule has 2 rings (SSSR count). The van der Waals surface area contributed by atoms with Gasteiger partial charge in [-0.2, -0.15) is 0 Å². The van der Waals surface area contributed by atoms with Crippen LogP contribution in [0.15, 0.2) is 24.3 Å². The van der Waals surface area contributed by atoms with Crippen molar-refractivity contribution in [2.75, 3.05) is 0 Å². The smallest absolute Gasteiger partial charge is 0.0693 e. The van der Waals surface area contributed by atoms with Crippen molar-refractivity contribution in [2.45, 2.75) is 44.4 Å². The molecule has 0 radical (unpaired) electrons. The largest absolute Gasteiger partial charge is 0.392 e. The lowest BCUT2D eigenvalue weighted by Gasteiger charge is -2.23. The number of hydrogen-bond acceptors (Lipinski definition) is 2. The lowest BCUT2D eigenvalue weighted by Crippen LogP contribution is -2.37. The molecule has 1 saturated carbocycles. The van der Waals surface area contributed by atoms with Crippen molar-refractivity contribution in [1.82, 2.24) is 5.32 Å². The fourth-order valence-electron chi connectivity index (χ4n) is 2.37. The van der Waals surface area contributed by atoms with Crippen LogP contribution < -0.4 is 5.32 Å². The van der Waals surface area contributed by atoms with Gasteiger partial charge >= 0.3 is 0 Å². The van der Waals surface area contributed by atoms with Crippen molar-refractivity contribution in [3.05, 3.63) is 34.9 Å². The average Bonchev–Trinajstić information content (AvgIpc) is 2.65. The molecule has 16 heavy (non-hydrogen) atoms. The molecule has 0 amide bonds. The van der Waals surface area contributed by atoms with Gasteiger partial charge in [0.25, 0.3) is 0 Å². The van der Waals surface area contributed by atoms with Crippen molar-refractivity contribution in [3.63, 3.8) is 0 Å². The van der Waals surface area contributed by atoms with Crippen LogP contribution in [-0.4, -0.2) is 17.3 Å². The maximum atomic E-state index is 9.76. The highest BCUT2D eigenvalue weighted by atomic mass is 35.5. The summed E-state index contributed by atoms with van der Waals surface area (Å²) in [6.07, 6.45) is 2.86. The third kappa shape index (κ3) is 2.57. The summed E-state index contributed by atoms with van der Waals surface area (Å²) in [5.74, 6) is 0. The molecule has 1 unspecified atom stereocenters. The van der Waals surface area contributed by atoms with E-state index in [2.05, 4.69) is 12.2 Å². The molecule has 0 spiro atoms. The second-order valence-electron chi connectivity index (χ2n) is 4.51. The van der Waals surface area contributed by atoms with Crippen LogP contribution in [0.1, 0.15) is 37.8 Å². The molecule has 0 saturated heterocycles. The van der Waals surface area contributed by atoms with E-state index in [1.807, 2.05) is 24.3 Å². The summed E-state index contributed by atoms with van der Waals surface area (Å²) in [5.41, 5.74) is 1.10. The first kappa shape index (κ1) is 11.9. The molecular formula is C13H18ClNO. The molecule has 0 aromatic heterocycles. The minimum atomic E-state index is -0.204. The number of aliphatic hydroxyl groups excluding tert-OH is 1. The van der Waals surface area contributed by atoms with Gasteiger partial charge in [-0.1, -0.05) is 29.8 Å². The predicted molar refractivity (Wildman–Crippen MR) is 66.6 cm³/mol. The second-order valence-corrected chi connectivity index (χ2v) is 4.92. The molecule has 0 aliphatic heterocycles. The van der Waals surface area contributed by atoms with Gasteiger partial charge in [0.2, 0.25) is 0 Å². The summed E-state index contributed by atoms with van der Waals surface area (Å²) in [6.45, 7) is 2.09. The van der Waals surface area contributed by atoms with E-state index in [0.29, 0.717) is 0 Å². The normalized spacial score (nSPS) is 26.9. The van der Waals surface area contributed by atoms with E-state index in [1.54, 1.807) is 0 Å². The van der Waals surface area contributed by atoms with Gasteiger partial charge in [-0.05, 0) is 37.8 Å². The molecule has 88 valence electrons. The Morgan fingerprint density at radius 3 is 2.75 bits per heavy atom. The van der Waals surface area contributed by atoms with Crippen LogP contribution in [-0.2, 0) is 0 Å². The first-order valence-electron chi connectivity index (χ1n) is 5.87. The molecule has 3 atom stereocenters. The molecule has 0 heterocycles. The van der Waals surface area contributed by atoms with Crippen molar-refractivity contribution in [1.29, 1.82) is 0 Å². The Balaban J connectivity index is 2.03. The van der Waals surface area contributed by atoms with Gasteiger partial charge in [-0.15, -0.1) is 0 Å². The SMILES string of the molecule is CC(N[C@@H]1CCC[C@H]1O)c1ccccc1Cl. The van der Waals surface area contributed by atoms with E-state index < -0.39 is 0 Å². The van der Waals surface area contributed by atoms with Gasteiger partial charge in [0.1, 0.15) is 0 Å². The lowest BCUT2D eigenvalue weighted by atomic mass is 10.1. The third-order valence-electron chi connectivity index (χ3n) is 3.32. The maximum Gasteiger partial charge on any atom is 0.0693 e. The van der Waals surface area contributed by atoms with Gasteiger partial charge in [-0.25, -0.2) is 0 Å². The summed E-state index contributed by atoms with van der Waals surface area (Å²) in [6, 6.07) is 8.26. The Bertz CT molecular complexity index is 356. The Kier molecular flexibility index (Phi) is 3.85. The summed E-state index contributed by atoms with van der Waals surface area (Å²) in [7, 11) is 0. The quantitative estimate of drug-likeness (QED) is 0.850. The summed E-state index contributed by atoms with van der Waals surface area (Å²) in [5, 5.41) is 14.0. The van der Waals surface area contributed by atoms with Gasteiger partial charge in [0.15, 0.2) is 0 Å². The van der Waals surface area contributed by atoms with Crippen LogP contribution in [0.4, 0.5) is 0 Å². The minimum Gasteiger partial charge on any atom is -0.392 e. The Labute approximate surface area is 102 Å². The van der Waals surface area contributed by atoms with E-state index in [0.717, 1.165) is 29.8 Å². The van der Waals surface area contributed by atoms with Crippen molar-refractivity contribution < 1.29 is 5.11 Å². The zero-order valence-electron chi connectivity index (χ0n) is 9.49. The van der Waals surface area contributed by atoms with Crippen LogP contribution in [0.3, 0.4) is 0 Å². The van der Waals surface area contributed by atoms with Crippen LogP contribution in [0, 0.1) is 0 Å². The van der Waals surface area contributed by atoms with E-state index in [1.165, 1.54) is 0 Å².